The molecule has 0 bridgehead atoms. The fourth-order valence-corrected chi connectivity index (χ4v) is 14.4. The van der Waals surface area contributed by atoms with Crippen molar-refractivity contribution in [2.24, 2.45) is 28.2 Å². The van der Waals surface area contributed by atoms with Crippen molar-refractivity contribution in [1.82, 2.24) is 53.2 Å². The van der Waals surface area contributed by atoms with Gasteiger partial charge < -0.3 is 42.8 Å². The molecule has 0 unspecified atom stereocenters. The first-order valence-corrected chi connectivity index (χ1v) is 34.8. The molecule has 2 N–H and O–H groups in total. The molecule has 0 saturated carbocycles. The Bertz CT molecular complexity index is 5450. The van der Waals surface area contributed by atoms with Gasteiger partial charge >= 0.3 is 7.12 Å². The molecule has 17 rings (SSSR count). The van der Waals surface area contributed by atoms with E-state index in [1.165, 1.54) is 82.3 Å². The molecule has 10 heterocycles. The first-order valence-electron chi connectivity index (χ1n) is 32.9. The number of fused-ring (bicyclic) bond motifs is 7. The highest BCUT2D eigenvalue weighted by Gasteiger charge is 2.51. The second-order valence-electron chi connectivity index (χ2n) is 26.8. The predicted molar refractivity (Wildman–Crippen MR) is 413 cm³/mol. The third-order valence-electron chi connectivity index (χ3n) is 19.2. The Morgan fingerprint density at radius 2 is 0.980 bits per heavy atom. The highest BCUT2D eigenvalue weighted by molar-refractivity contribution is 9.10. The Morgan fingerprint density at radius 1 is 0.510 bits per heavy atom. The van der Waals surface area contributed by atoms with Crippen LogP contribution in [0.3, 0.4) is 0 Å². The lowest BCUT2D eigenvalue weighted by atomic mass is 9.78. The van der Waals surface area contributed by atoms with Crippen LogP contribution >= 0.6 is 43.5 Å². The van der Waals surface area contributed by atoms with Crippen molar-refractivity contribution in [1.29, 1.82) is 0 Å². The molecule has 19 heteroatoms. The van der Waals surface area contributed by atoms with E-state index in [1.807, 2.05) is 30.5 Å². The number of aryl methyl sites for hydroxylation is 9. The highest BCUT2D eigenvalue weighted by Crippen LogP contribution is 2.39. The maximum atomic E-state index is 6.26. The average molecular weight is 1450 g/mol. The SMILES string of the molecule is Cc1c[nH]c2ccc(Br)cc12.Cc1cn(C)c2ccc(-c3cc(Cl)cc4nccnc34)cc12.Cc1cn(C)c2ccc(-c3cc(N[C@H]4CCN(c5ncccn5)C4)cc4nccnc34)cc12.Cc1cn(C)c2ccc(B3OC(C)(C)C(C)(C)O3)cc12.Cc1cn(C)c2ccc(Br)cc12. The maximum Gasteiger partial charge on any atom is 0.494 e. The summed E-state index contributed by atoms with van der Waals surface area (Å²) in [6, 6.07) is 42.4. The van der Waals surface area contributed by atoms with E-state index < -0.39 is 0 Å². The summed E-state index contributed by atoms with van der Waals surface area (Å²) in [4.78, 5) is 32.3. The molecule has 2 fully saturated rings. The molecule has 1 atom stereocenters. The number of aromatic nitrogens is 11. The number of aromatic amines is 1. The van der Waals surface area contributed by atoms with Crippen LogP contribution in [-0.2, 0) is 37.5 Å². The number of hydrogen-bond acceptors (Lipinski definition) is 10. The molecule has 0 aliphatic carbocycles. The number of benzene rings is 7. The van der Waals surface area contributed by atoms with Gasteiger partial charge in [0.15, 0.2) is 0 Å². The van der Waals surface area contributed by atoms with E-state index in [0.717, 1.165) is 89.9 Å². The van der Waals surface area contributed by atoms with Crippen molar-refractivity contribution in [3.63, 3.8) is 0 Å². The zero-order valence-electron chi connectivity index (χ0n) is 57.5. The third kappa shape index (κ3) is 13.9. The zero-order valence-corrected chi connectivity index (χ0v) is 61.5. The van der Waals surface area contributed by atoms with Crippen molar-refractivity contribution in [3.8, 4) is 22.3 Å². The first kappa shape index (κ1) is 67.4. The Morgan fingerprint density at radius 3 is 1.54 bits per heavy atom. The van der Waals surface area contributed by atoms with Gasteiger partial charge in [0.05, 0.1) is 33.3 Å². The minimum absolute atomic E-state index is 0.288. The van der Waals surface area contributed by atoms with Gasteiger partial charge in [0.2, 0.25) is 5.95 Å². The standard InChI is InChI=1S/C26H25N7.C18H14ClN3.C16H22BNO2.C10H10BrN.C9H8BrN/c1-17-15-32(2)24-5-4-18(12-21(17)24)22-13-20(14-23-25(22)28-10-9-27-23)31-19-6-11-33(16-19)26-29-7-3-8-30-26;1-11-10-22(2)17-4-3-12(7-14(11)17)15-8-13(19)9-16-18(15)21-6-5-20-16;1-11-10-18(6)14-8-7-12(9-13(11)14)17-19-15(2,3)16(4,5)20-17;1-7-6-12(2)10-4-3-8(11)5-9(7)10;1-6-5-11-9-3-2-7(10)4-8(6)9/h3-5,7-10,12-15,19,31H,6,11,16H2,1-2H3;3-10H,1-2H3;7-10H,1-6H3;3-6H,1-2H3;2-5,11H,1H3/t19-;;;;/m0..../s1. The molecule has 7 aromatic carbocycles. The van der Waals surface area contributed by atoms with Crippen molar-refractivity contribution in [2.45, 2.75) is 86.0 Å². The smallest absolute Gasteiger partial charge is 0.399 e. The summed E-state index contributed by atoms with van der Waals surface area (Å²) in [6.45, 7) is 20.8. The lowest BCUT2D eigenvalue weighted by Gasteiger charge is -2.32. The van der Waals surface area contributed by atoms with Gasteiger partial charge in [0.25, 0.3) is 0 Å². The second kappa shape index (κ2) is 27.6. The number of halogens is 3. The quantitative estimate of drug-likeness (QED) is 0.154. The van der Waals surface area contributed by atoms with E-state index in [-0.39, 0.29) is 18.3 Å². The second-order valence-corrected chi connectivity index (χ2v) is 29.1. The Balaban J connectivity index is 0.000000117. The largest absolute Gasteiger partial charge is 0.494 e. The van der Waals surface area contributed by atoms with E-state index in [1.54, 1.807) is 37.2 Å². The highest BCUT2D eigenvalue weighted by atomic mass is 79.9. The zero-order chi connectivity index (χ0) is 68.9. The van der Waals surface area contributed by atoms with Crippen molar-refractivity contribution in [2.75, 3.05) is 23.3 Å². The van der Waals surface area contributed by atoms with Crippen LogP contribution < -0.4 is 15.7 Å². The summed E-state index contributed by atoms with van der Waals surface area (Å²) < 4.78 is 23.1. The van der Waals surface area contributed by atoms with Crippen LogP contribution in [0.25, 0.3) is 98.8 Å². The van der Waals surface area contributed by atoms with Gasteiger partial charge in [0, 0.05) is 201 Å². The van der Waals surface area contributed by atoms with Gasteiger partial charge in [-0.25, -0.2) is 9.97 Å². The summed E-state index contributed by atoms with van der Waals surface area (Å²) in [6.07, 6.45) is 22.2. The summed E-state index contributed by atoms with van der Waals surface area (Å²) >= 11 is 13.2. The number of anilines is 2. The maximum absolute atomic E-state index is 6.26. The molecule has 0 radical (unpaired) electrons. The molecule has 98 heavy (non-hydrogen) atoms. The van der Waals surface area contributed by atoms with Gasteiger partial charge in [-0.15, -0.1) is 0 Å². The van der Waals surface area contributed by atoms with E-state index in [4.69, 9.17) is 20.9 Å². The monoisotopic (exact) mass is 1450 g/mol. The van der Waals surface area contributed by atoms with Crippen LogP contribution in [0.15, 0.2) is 198 Å². The molecule has 8 aromatic heterocycles. The van der Waals surface area contributed by atoms with Crippen LogP contribution in [0.4, 0.5) is 11.6 Å². The van der Waals surface area contributed by atoms with Gasteiger partial charge in [-0.3, -0.25) is 19.9 Å². The number of hydrogen-bond donors (Lipinski definition) is 2. The fraction of sp³-hybridized carbons (Fsp3) is 0.241. The minimum Gasteiger partial charge on any atom is -0.399 e. The summed E-state index contributed by atoms with van der Waals surface area (Å²) in [5, 5.41) is 10.8. The Labute approximate surface area is 593 Å². The third-order valence-corrected chi connectivity index (χ3v) is 20.4. The van der Waals surface area contributed by atoms with E-state index in [2.05, 4.69) is 308 Å². The van der Waals surface area contributed by atoms with Crippen molar-refractivity contribution >= 4 is 144 Å². The number of nitrogens with zero attached hydrogens (tertiary/aromatic N) is 11. The van der Waals surface area contributed by atoms with Crippen LogP contribution in [-0.4, -0.2) is 90.6 Å². The Hall–Kier alpha value is -9.17. The molecular formula is C79H79BBr2ClN13O2. The van der Waals surface area contributed by atoms with Crippen molar-refractivity contribution < 1.29 is 9.31 Å². The predicted octanol–water partition coefficient (Wildman–Crippen LogP) is 18.6. The molecule has 15 aromatic rings. The average Bonchev–Trinajstić information content (AvgIpc) is 1.45. The summed E-state index contributed by atoms with van der Waals surface area (Å²) in [5.41, 5.74) is 22.0. The van der Waals surface area contributed by atoms with E-state index in [9.17, 15) is 0 Å². The van der Waals surface area contributed by atoms with Crippen molar-refractivity contribution in [3.05, 3.63) is 231 Å². The summed E-state index contributed by atoms with van der Waals surface area (Å²) in [5.74, 6) is 0.790. The summed E-state index contributed by atoms with van der Waals surface area (Å²) in [7, 11) is 8.01. The number of rotatable bonds is 6. The molecule has 0 amide bonds. The van der Waals surface area contributed by atoms with Crippen LogP contribution in [0.1, 0.15) is 61.9 Å². The van der Waals surface area contributed by atoms with Gasteiger partial charge in [-0.05, 0) is 210 Å². The molecular weight excluding hydrogens is 1370 g/mol. The van der Waals surface area contributed by atoms with E-state index in [0.29, 0.717) is 11.1 Å². The lowest BCUT2D eigenvalue weighted by Crippen LogP contribution is -2.41. The van der Waals surface area contributed by atoms with Gasteiger partial charge in [-0.2, -0.15) is 0 Å². The topological polar surface area (TPSA) is 147 Å². The number of nitrogens with one attached hydrogen (secondary N) is 2. The van der Waals surface area contributed by atoms with Crippen LogP contribution in [0.5, 0.6) is 0 Å². The molecule has 2 aliphatic rings. The van der Waals surface area contributed by atoms with Crippen LogP contribution in [0, 0.1) is 34.6 Å². The molecule has 15 nitrogen and oxygen atoms in total. The molecule has 2 aliphatic heterocycles. The van der Waals surface area contributed by atoms with Crippen LogP contribution in [0.2, 0.25) is 5.02 Å². The fourth-order valence-electron chi connectivity index (χ4n) is 13.4. The Kier molecular flexibility index (Phi) is 19.0. The first-order chi connectivity index (χ1) is 46.9. The molecule has 496 valence electrons. The van der Waals surface area contributed by atoms with E-state index >= 15 is 0 Å². The molecule has 0 spiro atoms. The number of H-pyrrole nitrogens is 1. The van der Waals surface area contributed by atoms with Gasteiger partial charge in [0.1, 0.15) is 0 Å². The minimum atomic E-state index is -0.293. The lowest BCUT2D eigenvalue weighted by molar-refractivity contribution is 0.00578. The normalized spacial score (nSPS) is 14.8. The van der Waals surface area contributed by atoms with Gasteiger partial charge in [-0.1, -0.05) is 67.7 Å². The molecule has 2 saturated heterocycles.